The molecule has 0 saturated carbocycles. The van der Waals surface area contributed by atoms with Gasteiger partial charge in [-0.25, -0.2) is 0 Å². The van der Waals surface area contributed by atoms with Crippen molar-refractivity contribution < 1.29 is 4.74 Å². The van der Waals surface area contributed by atoms with Gasteiger partial charge in [0.2, 0.25) is 0 Å². The van der Waals surface area contributed by atoms with Crippen LogP contribution in [0.15, 0.2) is 0 Å². The van der Waals surface area contributed by atoms with Gasteiger partial charge in [-0.15, -0.1) is 0 Å². The lowest BCUT2D eigenvalue weighted by atomic mass is 9.87. The average molecular weight is 254 g/mol. The monoisotopic (exact) mass is 254 g/mol. The molecule has 0 aromatic rings. The zero-order chi connectivity index (χ0) is 13.0. The molecule has 0 aliphatic carbocycles. The van der Waals surface area contributed by atoms with Gasteiger partial charge < -0.3 is 10.5 Å². The maximum absolute atomic E-state index is 6.12. The SMILES string of the molecule is CC(C)C1CCCN(C2(CN)CCOCC2)CC1. The van der Waals surface area contributed by atoms with Gasteiger partial charge in [0.15, 0.2) is 0 Å². The van der Waals surface area contributed by atoms with Gasteiger partial charge in [0.1, 0.15) is 0 Å². The fraction of sp³-hybridized carbons (Fsp3) is 1.00. The minimum Gasteiger partial charge on any atom is -0.381 e. The summed E-state index contributed by atoms with van der Waals surface area (Å²) in [5, 5.41) is 0. The lowest BCUT2D eigenvalue weighted by molar-refractivity contribution is -0.0234. The van der Waals surface area contributed by atoms with E-state index in [1.165, 1.54) is 32.4 Å². The summed E-state index contributed by atoms with van der Waals surface area (Å²) < 4.78 is 5.53. The quantitative estimate of drug-likeness (QED) is 0.839. The van der Waals surface area contributed by atoms with Crippen molar-refractivity contribution in [2.75, 3.05) is 32.8 Å². The van der Waals surface area contributed by atoms with E-state index in [-0.39, 0.29) is 5.54 Å². The molecule has 0 bridgehead atoms. The Morgan fingerprint density at radius 1 is 1.22 bits per heavy atom. The van der Waals surface area contributed by atoms with Gasteiger partial charge in [-0.3, -0.25) is 4.90 Å². The van der Waals surface area contributed by atoms with Crippen LogP contribution in [0.4, 0.5) is 0 Å². The number of rotatable bonds is 3. The predicted molar refractivity (Wildman–Crippen MR) is 75.6 cm³/mol. The van der Waals surface area contributed by atoms with Crippen molar-refractivity contribution in [2.45, 2.75) is 51.5 Å². The highest BCUT2D eigenvalue weighted by Crippen LogP contribution is 2.32. The number of likely N-dealkylation sites (tertiary alicyclic amines) is 1. The average Bonchev–Trinajstić information content (AvgIpc) is 2.65. The van der Waals surface area contributed by atoms with Crippen molar-refractivity contribution in [1.82, 2.24) is 4.90 Å². The molecule has 1 atom stereocenters. The Hall–Kier alpha value is -0.120. The molecule has 3 nitrogen and oxygen atoms in total. The van der Waals surface area contributed by atoms with Gasteiger partial charge in [0.05, 0.1) is 0 Å². The molecule has 0 amide bonds. The van der Waals surface area contributed by atoms with Crippen molar-refractivity contribution >= 4 is 0 Å². The van der Waals surface area contributed by atoms with E-state index in [4.69, 9.17) is 10.5 Å². The summed E-state index contributed by atoms with van der Waals surface area (Å²) in [6.45, 7) is 9.78. The van der Waals surface area contributed by atoms with E-state index >= 15 is 0 Å². The Morgan fingerprint density at radius 2 is 1.94 bits per heavy atom. The fourth-order valence-electron chi connectivity index (χ4n) is 3.66. The predicted octanol–water partition coefficient (Wildman–Crippen LogP) is 2.25. The Morgan fingerprint density at radius 3 is 2.56 bits per heavy atom. The van der Waals surface area contributed by atoms with E-state index < -0.39 is 0 Å². The van der Waals surface area contributed by atoms with Crippen LogP contribution in [-0.4, -0.2) is 43.3 Å². The number of ether oxygens (including phenoxy) is 1. The molecule has 2 rings (SSSR count). The zero-order valence-corrected chi connectivity index (χ0v) is 12.2. The first-order chi connectivity index (χ1) is 8.68. The summed E-state index contributed by atoms with van der Waals surface area (Å²) in [5.41, 5.74) is 6.36. The van der Waals surface area contributed by atoms with Crippen LogP contribution in [0.1, 0.15) is 46.0 Å². The van der Waals surface area contributed by atoms with Crippen LogP contribution >= 0.6 is 0 Å². The second-order valence-electron chi connectivity index (χ2n) is 6.46. The molecule has 2 saturated heterocycles. The van der Waals surface area contributed by atoms with Gasteiger partial charge in [-0.1, -0.05) is 13.8 Å². The lowest BCUT2D eigenvalue weighted by Crippen LogP contribution is -2.57. The Kier molecular flexibility index (Phi) is 5.05. The molecule has 106 valence electrons. The fourth-order valence-corrected chi connectivity index (χ4v) is 3.66. The summed E-state index contributed by atoms with van der Waals surface area (Å²) >= 11 is 0. The van der Waals surface area contributed by atoms with Crippen molar-refractivity contribution in [3.63, 3.8) is 0 Å². The normalized spacial score (nSPS) is 30.3. The van der Waals surface area contributed by atoms with Crippen molar-refractivity contribution in [1.29, 1.82) is 0 Å². The van der Waals surface area contributed by atoms with Crippen LogP contribution < -0.4 is 5.73 Å². The van der Waals surface area contributed by atoms with Gasteiger partial charge in [0, 0.05) is 25.3 Å². The van der Waals surface area contributed by atoms with Gasteiger partial charge in [-0.05, 0) is 57.0 Å². The molecular formula is C15H30N2O. The molecule has 2 aliphatic rings. The molecule has 2 fully saturated rings. The first-order valence-corrected chi connectivity index (χ1v) is 7.71. The lowest BCUT2D eigenvalue weighted by Gasteiger charge is -2.45. The summed E-state index contributed by atoms with van der Waals surface area (Å²) in [7, 11) is 0. The van der Waals surface area contributed by atoms with E-state index in [1.807, 2.05) is 0 Å². The summed E-state index contributed by atoms with van der Waals surface area (Å²) in [6.07, 6.45) is 6.32. The number of hydrogen-bond acceptors (Lipinski definition) is 3. The van der Waals surface area contributed by atoms with Crippen LogP contribution in [0, 0.1) is 11.8 Å². The maximum Gasteiger partial charge on any atom is 0.0484 e. The van der Waals surface area contributed by atoms with Gasteiger partial charge in [-0.2, -0.15) is 0 Å². The van der Waals surface area contributed by atoms with Crippen molar-refractivity contribution in [3.8, 4) is 0 Å². The highest BCUT2D eigenvalue weighted by atomic mass is 16.5. The van der Waals surface area contributed by atoms with E-state index in [9.17, 15) is 0 Å². The molecule has 0 radical (unpaired) electrons. The van der Waals surface area contributed by atoms with Crippen LogP contribution in [0.5, 0.6) is 0 Å². The van der Waals surface area contributed by atoms with Crippen molar-refractivity contribution in [3.05, 3.63) is 0 Å². The number of nitrogens with zero attached hydrogens (tertiary/aromatic N) is 1. The van der Waals surface area contributed by atoms with E-state index in [0.717, 1.165) is 44.4 Å². The molecule has 0 aromatic carbocycles. The number of hydrogen-bond donors (Lipinski definition) is 1. The second kappa shape index (κ2) is 6.36. The smallest absolute Gasteiger partial charge is 0.0484 e. The first kappa shape index (κ1) is 14.3. The van der Waals surface area contributed by atoms with Crippen LogP contribution in [0.25, 0.3) is 0 Å². The third kappa shape index (κ3) is 3.06. The molecule has 1 unspecified atom stereocenters. The maximum atomic E-state index is 6.12. The third-order valence-corrected chi connectivity index (χ3v) is 5.19. The molecule has 2 aliphatic heterocycles. The summed E-state index contributed by atoms with van der Waals surface area (Å²) in [6, 6.07) is 0. The van der Waals surface area contributed by atoms with Gasteiger partial charge >= 0.3 is 0 Å². The van der Waals surface area contributed by atoms with E-state index in [1.54, 1.807) is 0 Å². The minimum atomic E-state index is 0.240. The molecule has 0 aromatic heterocycles. The number of nitrogens with two attached hydrogens (primary N) is 1. The summed E-state index contributed by atoms with van der Waals surface area (Å²) in [5.74, 6) is 1.73. The molecule has 0 spiro atoms. The molecule has 18 heavy (non-hydrogen) atoms. The van der Waals surface area contributed by atoms with Crippen LogP contribution in [-0.2, 0) is 4.74 Å². The van der Waals surface area contributed by atoms with Gasteiger partial charge in [0.25, 0.3) is 0 Å². The molecule has 2 heterocycles. The van der Waals surface area contributed by atoms with E-state index in [2.05, 4.69) is 18.7 Å². The Balaban J connectivity index is 1.99. The largest absolute Gasteiger partial charge is 0.381 e. The highest BCUT2D eigenvalue weighted by Gasteiger charge is 2.38. The third-order valence-electron chi connectivity index (χ3n) is 5.19. The van der Waals surface area contributed by atoms with Crippen molar-refractivity contribution in [2.24, 2.45) is 17.6 Å². The van der Waals surface area contributed by atoms with E-state index in [0.29, 0.717) is 0 Å². The zero-order valence-electron chi connectivity index (χ0n) is 12.2. The molecule has 2 N–H and O–H groups in total. The Bertz CT molecular complexity index is 249. The standard InChI is InChI=1S/C15H30N2O/c1-13(2)14-4-3-8-17(9-5-14)15(12-16)6-10-18-11-7-15/h13-14H,3-12,16H2,1-2H3. The molecular weight excluding hydrogens is 224 g/mol. The van der Waals surface area contributed by atoms with Crippen LogP contribution in [0.3, 0.4) is 0 Å². The first-order valence-electron chi connectivity index (χ1n) is 7.71. The Labute approximate surface area is 112 Å². The minimum absolute atomic E-state index is 0.240. The summed E-state index contributed by atoms with van der Waals surface area (Å²) in [4.78, 5) is 2.69. The van der Waals surface area contributed by atoms with Crippen LogP contribution in [0.2, 0.25) is 0 Å². The molecule has 3 heteroatoms. The topological polar surface area (TPSA) is 38.5 Å². The second-order valence-corrected chi connectivity index (χ2v) is 6.46. The highest BCUT2D eigenvalue weighted by molar-refractivity contribution is 4.94.